The lowest BCUT2D eigenvalue weighted by Gasteiger charge is -2.11. The van der Waals surface area contributed by atoms with Crippen LogP contribution in [0.4, 0.5) is 0 Å². The molecule has 0 fully saturated rings. The van der Waals surface area contributed by atoms with Crippen molar-refractivity contribution in [1.29, 1.82) is 0 Å². The molecule has 0 aromatic rings. The Morgan fingerprint density at radius 2 is 1.83 bits per heavy atom. The summed E-state index contributed by atoms with van der Waals surface area (Å²) in [4.78, 5) is 4.44. The molecule has 8 nitrogen and oxygen atoms in total. The number of nitrogens with one attached hydrogen (secondary N) is 3. The van der Waals surface area contributed by atoms with Crippen LogP contribution in [0.5, 0.6) is 0 Å². The van der Waals surface area contributed by atoms with E-state index in [1.54, 1.807) is 14.0 Å². The molecule has 0 radical (unpaired) electrons. The topological polar surface area (TPSA) is 101 Å². The molecule has 9 heteroatoms. The minimum atomic E-state index is -3.10. The summed E-state index contributed by atoms with van der Waals surface area (Å²) in [5.74, 6) is 0.847. The molecule has 0 spiro atoms. The predicted molar refractivity (Wildman–Crippen MR) is 93.4 cm³/mol. The van der Waals surface area contributed by atoms with Crippen LogP contribution in [0.15, 0.2) is 4.99 Å². The number of sulfonamides is 1. The van der Waals surface area contributed by atoms with Gasteiger partial charge in [-0.1, -0.05) is 0 Å². The molecule has 0 atom stereocenters. The third-order valence-corrected chi connectivity index (χ3v) is 4.24. The number of ether oxygens (including phenoxy) is 2. The molecule has 138 valence electrons. The van der Waals surface area contributed by atoms with E-state index in [1.807, 2.05) is 6.92 Å². The lowest BCUT2D eigenvalue weighted by molar-refractivity contribution is 0.0702. The van der Waals surface area contributed by atoms with E-state index in [0.29, 0.717) is 45.9 Å². The van der Waals surface area contributed by atoms with Crippen LogP contribution in [0.1, 0.15) is 26.7 Å². The molecule has 0 aromatic heterocycles. The lowest BCUT2D eigenvalue weighted by Crippen LogP contribution is -2.39. The first-order chi connectivity index (χ1) is 11.1. The van der Waals surface area contributed by atoms with E-state index in [4.69, 9.17) is 9.47 Å². The monoisotopic (exact) mass is 352 g/mol. The van der Waals surface area contributed by atoms with E-state index >= 15 is 0 Å². The average Bonchev–Trinajstić information content (AvgIpc) is 2.53. The van der Waals surface area contributed by atoms with Crippen molar-refractivity contribution in [3.05, 3.63) is 0 Å². The van der Waals surface area contributed by atoms with Crippen molar-refractivity contribution < 1.29 is 17.9 Å². The molecule has 0 rings (SSSR count). The van der Waals surface area contributed by atoms with Crippen LogP contribution in [0.2, 0.25) is 0 Å². The molecule has 0 saturated carbocycles. The van der Waals surface area contributed by atoms with Gasteiger partial charge >= 0.3 is 0 Å². The third kappa shape index (κ3) is 14.4. The highest BCUT2D eigenvalue weighted by molar-refractivity contribution is 7.89. The first-order valence-corrected chi connectivity index (χ1v) is 9.77. The van der Waals surface area contributed by atoms with E-state index < -0.39 is 10.0 Å². The van der Waals surface area contributed by atoms with Crippen LogP contribution in [0.3, 0.4) is 0 Å². The van der Waals surface area contributed by atoms with E-state index in [1.165, 1.54) is 0 Å². The smallest absolute Gasteiger partial charge is 0.211 e. The SMILES string of the molecule is CCNC(=NCCCOCCOC)NCCCNS(=O)(=O)CC. The van der Waals surface area contributed by atoms with Gasteiger partial charge in [0.15, 0.2) is 5.96 Å². The number of rotatable bonds is 14. The number of guanidine groups is 1. The number of hydrogen-bond donors (Lipinski definition) is 3. The van der Waals surface area contributed by atoms with Gasteiger partial charge in [0.25, 0.3) is 0 Å². The molecular weight excluding hydrogens is 320 g/mol. The zero-order valence-electron chi connectivity index (χ0n) is 14.6. The van der Waals surface area contributed by atoms with Gasteiger partial charge in [-0.25, -0.2) is 13.1 Å². The van der Waals surface area contributed by atoms with Crippen molar-refractivity contribution in [1.82, 2.24) is 15.4 Å². The van der Waals surface area contributed by atoms with Gasteiger partial charge in [0.05, 0.1) is 19.0 Å². The Labute approximate surface area is 140 Å². The molecule has 0 aliphatic carbocycles. The fraction of sp³-hybridized carbons (Fsp3) is 0.929. The minimum Gasteiger partial charge on any atom is -0.382 e. The summed E-state index contributed by atoms with van der Waals surface area (Å²) in [6.45, 7) is 8.02. The van der Waals surface area contributed by atoms with Crippen molar-refractivity contribution in [2.45, 2.75) is 26.7 Å². The average molecular weight is 353 g/mol. The quantitative estimate of drug-likeness (QED) is 0.230. The van der Waals surface area contributed by atoms with Crippen molar-refractivity contribution in [2.24, 2.45) is 4.99 Å². The van der Waals surface area contributed by atoms with Crippen LogP contribution >= 0.6 is 0 Å². The standard InChI is InChI=1S/C14H32N4O4S/c1-4-15-14(17-9-7-11-22-13-12-21-3)16-8-6-10-18-23(19,20)5-2/h18H,4-13H2,1-3H3,(H2,15,16,17). The Morgan fingerprint density at radius 3 is 2.48 bits per heavy atom. The van der Waals surface area contributed by atoms with Crippen LogP contribution in [0.25, 0.3) is 0 Å². The van der Waals surface area contributed by atoms with Gasteiger partial charge in [0.2, 0.25) is 10.0 Å². The molecule has 3 N–H and O–H groups in total. The van der Waals surface area contributed by atoms with Gasteiger partial charge in [0, 0.05) is 39.9 Å². The second-order valence-electron chi connectivity index (χ2n) is 4.80. The maximum Gasteiger partial charge on any atom is 0.211 e. The van der Waals surface area contributed by atoms with Gasteiger partial charge in [-0.3, -0.25) is 4.99 Å². The molecule has 0 aromatic carbocycles. The second kappa shape index (κ2) is 14.7. The van der Waals surface area contributed by atoms with E-state index in [9.17, 15) is 8.42 Å². The summed E-state index contributed by atoms with van der Waals surface area (Å²) in [5.41, 5.74) is 0. The van der Waals surface area contributed by atoms with Gasteiger partial charge in [-0.2, -0.15) is 0 Å². The highest BCUT2D eigenvalue weighted by atomic mass is 32.2. The van der Waals surface area contributed by atoms with Crippen molar-refractivity contribution in [3.8, 4) is 0 Å². The summed E-state index contributed by atoms with van der Waals surface area (Å²) in [6, 6.07) is 0. The number of hydrogen-bond acceptors (Lipinski definition) is 5. The third-order valence-electron chi connectivity index (χ3n) is 2.84. The molecule has 0 amide bonds. The number of nitrogens with zero attached hydrogens (tertiary/aromatic N) is 1. The summed E-state index contributed by atoms with van der Waals surface area (Å²) >= 11 is 0. The molecule has 0 bridgehead atoms. The van der Waals surface area contributed by atoms with Gasteiger partial charge in [-0.05, 0) is 26.7 Å². The van der Waals surface area contributed by atoms with E-state index in [-0.39, 0.29) is 5.75 Å². The molecule has 23 heavy (non-hydrogen) atoms. The van der Waals surface area contributed by atoms with Crippen molar-refractivity contribution in [3.63, 3.8) is 0 Å². The van der Waals surface area contributed by atoms with Gasteiger partial charge in [-0.15, -0.1) is 0 Å². The Kier molecular flexibility index (Phi) is 14.1. The highest BCUT2D eigenvalue weighted by Crippen LogP contribution is 1.87. The van der Waals surface area contributed by atoms with Crippen LogP contribution in [-0.2, 0) is 19.5 Å². The summed E-state index contributed by atoms with van der Waals surface area (Å²) in [7, 11) is -1.46. The molecule has 0 saturated heterocycles. The minimum absolute atomic E-state index is 0.108. The first kappa shape index (κ1) is 22.1. The maximum atomic E-state index is 11.3. The van der Waals surface area contributed by atoms with E-state index in [2.05, 4.69) is 20.3 Å². The summed E-state index contributed by atoms with van der Waals surface area (Å²) in [6.07, 6.45) is 1.54. The Bertz CT molecular complexity index is 402. The zero-order chi connectivity index (χ0) is 17.4. The second-order valence-corrected chi connectivity index (χ2v) is 6.89. The normalized spacial score (nSPS) is 12.4. The molecule has 0 aliphatic rings. The van der Waals surface area contributed by atoms with Crippen LogP contribution < -0.4 is 15.4 Å². The largest absolute Gasteiger partial charge is 0.382 e. The maximum absolute atomic E-state index is 11.3. The van der Waals surface area contributed by atoms with Gasteiger partial charge < -0.3 is 20.1 Å². The molecule has 0 unspecified atom stereocenters. The van der Waals surface area contributed by atoms with Crippen molar-refractivity contribution >= 4 is 16.0 Å². The lowest BCUT2D eigenvalue weighted by atomic mass is 10.4. The van der Waals surface area contributed by atoms with E-state index in [0.717, 1.165) is 18.9 Å². The fourth-order valence-corrected chi connectivity index (χ4v) is 2.23. The summed E-state index contributed by atoms with van der Waals surface area (Å²) < 4.78 is 35.4. The first-order valence-electron chi connectivity index (χ1n) is 8.12. The fourth-order valence-electron chi connectivity index (χ4n) is 1.57. The Morgan fingerprint density at radius 1 is 1.04 bits per heavy atom. The predicted octanol–water partition coefficient (Wildman–Crippen LogP) is -0.0760. The molecule has 0 heterocycles. The number of methoxy groups -OCH3 is 1. The number of aliphatic imine (C=N–C) groups is 1. The van der Waals surface area contributed by atoms with Crippen LogP contribution in [-0.4, -0.2) is 73.2 Å². The molecule has 0 aliphatic heterocycles. The van der Waals surface area contributed by atoms with Gasteiger partial charge in [0.1, 0.15) is 0 Å². The zero-order valence-corrected chi connectivity index (χ0v) is 15.4. The Hall–Kier alpha value is -0.900. The van der Waals surface area contributed by atoms with Crippen molar-refractivity contribution in [2.75, 3.05) is 58.9 Å². The van der Waals surface area contributed by atoms with Crippen LogP contribution in [0, 0.1) is 0 Å². The highest BCUT2D eigenvalue weighted by Gasteiger charge is 2.04. The Balaban J connectivity index is 3.81. The molecular formula is C14H32N4O4S. The summed E-state index contributed by atoms with van der Waals surface area (Å²) in [5, 5.41) is 6.33.